The molecule has 4 heteroatoms. The molecule has 0 radical (unpaired) electrons. The average Bonchev–Trinajstić information content (AvgIpc) is 3.09. The first-order valence-corrected chi connectivity index (χ1v) is 15.9. The topological polar surface area (TPSA) is 32.3 Å². The van der Waals surface area contributed by atoms with Gasteiger partial charge in [-0.3, -0.25) is 19.8 Å². The van der Waals surface area contributed by atoms with Crippen molar-refractivity contribution in [3.8, 4) is 0 Å². The van der Waals surface area contributed by atoms with Gasteiger partial charge in [0, 0.05) is 24.5 Å². The lowest BCUT2D eigenvalue weighted by molar-refractivity contribution is 0.0450. The number of nitrogens with zero attached hydrogens (tertiary/aromatic N) is 4. The normalized spacial score (nSPS) is 18.5. The van der Waals surface area contributed by atoms with Crippen molar-refractivity contribution in [2.45, 2.75) is 49.9 Å². The fraction of sp³-hybridized carbons (Fsp3) is 0.250. The van der Waals surface area contributed by atoms with Crippen LogP contribution in [-0.2, 0) is 0 Å². The minimum absolute atomic E-state index is 0.0498. The predicted molar refractivity (Wildman–Crippen MR) is 182 cm³/mol. The molecule has 1 aliphatic carbocycles. The maximum atomic E-state index is 4.92. The molecule has 0 aliphatic heterocycles. The van der Waals surface area contributed by atoms with Crippen molar-refractivity contribution in [2.75, 3.05) is 14.1 Å². The summed E-state index contributed by atoms with van der Waals surface area (Å²) < 4.78 is 0. The zero-order valence-electron chi connectivity index (χ0n) is 25.6. The van der Waals surface area contributed by atoms with Crippen LogP contribution in [0.3, 0.4) is 0 Å². The van der Waals surface area contributed by atoms with Gasteiger partial charge in [0.1, 0.15) is 0 Å². The van der Waals surface area contributed by atoms with Gasteiger partial charge < -0.3 is 0 Å². The molecule has 220 valence electrons. The minimum atomic E-state index is 0.0498. The van der Waals surface area contributed by atoms with Crippen LogP contribution in [0.25, 0.3) is 21.5 Å². The highest BCUT2D eigenvalue weighted by Gasteiger charge is 2.38. The van der Waals surface area contributed by atoms with Gasteiger partial charge in [0.25, 0.3) is 0 Å². The summed E-state index contributed by atoms with van der Waals surface area (Å²) in [5.41, 5.74) is 4.75. The minimum Gasteiger partial charge on any atom is -0.290 e. The molecule has 2 heterocycles. The second-order valence-electron chi connectivity index (χ2n) is 12.3. The van der Waals surface area contributed by atoms with Gasteiger partial charge >= 0.3 is 0 Å². The van der Waals surface area contributed by atoms with E-state index in [0.717, 1.165) is 24.2 Å². The molecule has 6 aromatic rings. The van der Waals surface area contributed by atoms with Crippen LogP contribution in [-0.4, -0.2) is 45.9 Å². The zero-order chi connectivity index (χ0) is 29.9. The first-order valence-electron chi connectivity index (χ1n) is 15.9. The summed E-state index contributed by atoms with van der Waals surface area (Å²) in [5, 5.41) is 5.07. The van der Waals surface area contributed by atoms with Crippen molar-refractivity contribution in [1.29, 1.82) is 0 Å². The highest BCUT2D eigenvalue weighted by Crippen LogP contribution is 2.39. The third kappa shape index (κ3) is 5.63. The van der Waals surface area contributed by atoms with Crippen LogP contribution < -0.4 is 0 Å². The fourth-order valence-corrected chi connectivity index (χ4v) is 7.49. The average molecular weight is 577 g/mol. The van der Waals surface area contributed by atoms with Crippen molar-refractivity contribution in [2.24, 2.45) is 0 Å². The standard InChI is InChI=1S/C40H40N4/c1-43(39(35-17-9-11-25-41-35)33-23-21-29-13-3-5-15-31(29)27-33)37-19-7-8-20-38(37)44(2)40(36-18-10-12-26-42-36)34-24-22-30-14-4-6-16-32(30)28-34/h3-6,9-18,21-28,37-40H,7-8,19-20H2,1-2H3/t37-,38-,39-,40-/m1/s1. The Hall–Kier alpha value is -4.38. The van der Waals surface area contributed by atoms with Gasteiger partial charge in [-0.1, -0.05) is 97.8 Å². The van der Waals surface area contributed by atoms with Crippen LogP contribution >= 0.6 is 0 Å². The van der Waals surface area contributed by atoms with Crippen LogP contribution in [0.2, 0.25) is 0 Å². The Morgan fingerprint density at radius 1 is 0.500 bits per heavy atom. The van der Waals surface area contributed by atoms with E-state index in [-0.39, 0.29) is 12.1 Å². The molecular weight excluding hydrogens is 536 g/mol. The van der Waals surface area contributed by atoms with Gasteiger partial charge in [-0.05, 0) is 96.0 Å². The number of pyridine rings is 2. The summed E-state index contributed by atoms with van der Waals surface area (Å²) in [6.45, 7) is 0. The number of aromatic nitrogens is 2. The molecule has 2 aromatic heterocycles. The largest absolute Gasteiger partial charge is 0.290 e. The SMILES string of the molecule is CN([C@H](c1ccc2ccccc2c1)c1ccccn1)[C@@H]1CCCC[C@H]1N(C)[C@H](c1ccc2ccccc2c1)c1ccccn1. The molecule has 44 heavy (non-hydrogen) atoms. The number of benzene rings is 4. The molecule has 1 aliphatic rings. The Balaban J connectivity index is 1.28. The van der Waals surface area contributed by atoms with Gasteiger partial charge in [0.05, 0.1) is 23.5 Å². The van der Waals surface area contributed by atoms with E-state index in [4.69, 9.17) is 9.97 Å². The Morgan fingerprint density at radius 2 is 0.909 bits per heavy atom. The molecule has 1 fully saturated rings. The second-order valence-corrected chi connectivity index (χ2v) is 12.3. The quantitative estimate of drug-likeness (QED) is 0.181. The molecule has 0 saturated heterocycles. The maximum absolute atomic E-state index is 4.92. The predicted octanol–water partition coefficient (Wildman–Crippen LogP) is 8.84. The monoisotopic (exact) mass is 576 g/mol. The van der Waals surface area contributed by atoms with Crippen molar-refractivity contribution in [3.05, 3.63) is 156 Å². The van der Waals surface area contributed by atoms with Gasteiger partial charge in [0.2, 0.25) is 0 Å². The highest BCUT2D eigenvalue weighted by molar-refractivity contribution is 5.84. The number of likely N-dealkylation sites (N-methyl/N-ethyl adjacent to an activating group) is 2. The number of hydrogen-bond donors (Lipinski definition) is 0. The van der Waals surface area contributed by atoms with Gasteiger partial charge in [-0.15, -0.1) is 0 Å². The van der Waals surface area contributed by atoms with E-state index in [2.05, 4.69) is 133 Å². The van der Waals surface area contributed by atoms with Gasteiger partial charge in [0.15, 0.2) is 0 Å². The fourth-order valence-electron chi connectivity index (χ4n) is 7.49. The number of hydrogen-bond acceptors (Lipinski definition) is 4. The molecule has 0 spiro atoms. The zero-order valence-corrected chi connectivity index (χ0v) is 25.6. The molecule has 0 amide bonds. The molecule has 4 nitrogen and oxygen atoms in total. The lowest BCUT2D eigenvalue weighted by Crippen LogP contribution is -2.53. The molecule has 4 aromatic carbocycles. The number of rotatable bonds is 8. The smallest absolute Gasteiger partial charge is 0.0777 e. The van der Waals surface area contributed by atoms with Crippen LogP contribution in [0.15, 0.2) is 134 Å². The molecule has 0 N–H and O–H groups in total. The second kappa shape index (κ2) is 12.7. The molecular formula is C40H40N4. The lowest BCUT2D eigenvalue weighted by atomic mass is 9.84. The van der Waals surface area contributed by atoms with E-state index in [0.29, 0.717) is 12.1 Å². The first-order chi connectivity index (χ1) is 21.7. The van der Waals surface area contributed by atoms with Crippen LogP contribution in [0.5, 0.6) is 0 Å². The first kappa shape index (κ1) is 28.4. The summed E-state index contributed by atoms with van der Waals surface area (Å²) in [6.07, 6.45) is 8.62. The Bertz CT molecular complexity index is 1700. The van der Waals surface area contributed by atoms with Crippen LogP contribution in [0.1, 0.15) is 60.3 Å². The third-order valence-electron chi connectivity index (χ3n) is 9.67. The Kier molecular flexibility index (Phi) is 8.19. The third-order valence-corrected chi connectivity index (χ3v) is 9.67. The molecule has 0 bridgehead atoms. The van der Waals surface area contributed by atoms with E-state index in [1.807, 2.05) is 24.5 Å². The van der Waals surface area contributed by atoms with E-state index in [1.54, 1.807) is 0 Å². The van der Waals surface area contributed by atoms with Crippen molar-refractivity contribution in [3.63, 3.8) is 0 Å². The van der Waals surface area contributed by atoms with E-state index < -0.39 is 0 Å². The Morgan fingerprint density at radius 3 is 1.32 bits per heavy atom. The van der Waals surface area contributed by atoms with Gasteiger partial charge in [-0.2, -0.15) is 0 Å². The summed E-state index contributed by atoms with van der Waals surface area (Å²) in [6, 6.07) is 44.5. The van der Waals surface area contributed by atoms with Gasteiger partial charge in [-0.25, -0.2) is 0 Å². The summed E-state index contributed by atoms with van der Waals surface area (Å²) in [5.74, 6) is 0. The summed E-state index contributed by atoms with van der Waals surface area (Å²) in [4.78, 5) is 15.1. The number of fused-ring (bicyclic) bond motifs is 2. The van der Waals surface area contributed by atoms with Crippen molar-refractivity contribution < 1.29 is 0 Å². The molecule has 0 unspecified atom stereocenters. The van der Waals surface area contributed by atoms with E-state index in [1.165, 1.54) is 45.5 Å². The van der Waals surface area contributed by atoms with Crippen LogP contribution in [0, 0.1) is 0 Å². The molecule has 7 rings (SSSR count). The van der Waals surface area contributed by atoms with Crippen molar-refractivity contribution >= 4 is 21.5 Å². The summed E-state index contributed by atoms with van der Waals surface area (Å²) in [7, 11) is 4.63. The highest BCUT2D eigenvalue weighted by atomic mass is 15.3. The van der Waals surface area contributed by atoms with Crippen molar-refractivity contribution in [1.82, 2.24) is 19.8 Å². The molecule has 4 atom stereocenters. The lowest BCUT2D eigenvalue weighted by Gasteiger charge is -2.47. The van der Waals surface area contributed by atoms with E-state index in [9.17, 15) is 0 Å². The van der Waals surface area contributed by atoms with E-state index >= 15 is 0 Å². The summed E-state index contributed by atoms with van der Waals surface area (Å²) >= 11 is 0. The molecule has 1 saturated carbocycles. The maximum Gasteiger partial charge on any atom is 0.0777 e. The Labute approximate surface area is 261 Å². The van der Waals surface area contributed by atoms with Crippen LogP contribution in [0.4, 0.5) is 0 Å².